The molecule has 358 valence electrons. The van der Waals surface area contributed by atoms with Gasteiger partial charge in [-0.1, -0.05) is 34.4 Å². The Morgan fingerprint density at radius 1 is 0.632 bits per heavy atom. The van der Waals surface area contributed by atoms with Gasteiger partial charge in [-0.05, 0) is 64.1 Å². The normalized spacial score (nSPS) is 11.8. The number of anilines is 6. The van der Waals surface area contributed by atoms with E-state index in [1.54, 1.807) is 33.5 Å². The van der Waals surface area contributed by atoms with Crippen molar-refractivity contribution in [3.8, 4) is 23.0 Å². The quantitative estimate of drug-likeness (QED) is 0.0280. The van der Waals surface area contributed by atoms with Crippen molar-refractivity contribution in [2.24, 2.45) is 20.5 Å². The summed E-state index contributed by atoms with van der Waals surface area (Å²) in [5.41, 5.74) is 4.28. The van der Waals surface area contributed by atoms with E-state index in [9.17, 15) is 18.1 Å². The second-order valence-corrected chi connectivity index (χ2v) is 18.7. The Kier molecular flexibility index (Phi) is 16.0. The molecule has 4 aromatic carbocycles. The summed E-state index contributed by atoms with van der Waals surface area (Å²) >= 11 is 3.74. The number of aliphatic hydroxyl groups is 1. The molecule has 0 spiro atoms. The van der Waals surface area contributed by atoms with Gasteiger partial charge in [-0.2, -0.15) is 23.4 Å². The molecular formula is C43H49N13O8S4. The summed E-state index contributed by atoms with van der Waals surface area (Å²) in [5, 5.41) is 35.6. The monoisotopic (exact) mass is 1000 g/mol. The van der Waals surface area contributed by atoms with Crippen molar-refractivity contribution in [2.75, 3.05) is 87.4 Å². The molecule has 0 aliphatic rings. The minimum atomic E-state index is -4.60. The second kappa shape index (κ2) is 22.1. The predicted molar refractivity (Wildman–Crippen MR) is 268 cm³/mol. The maximum atomic E-state index is 12.1. The molecule has 0 fully saturated rings. The second-order valence-electron chi connectivity index (χ2n) is 14.2. The minimum Gasteiger partial charge on any atom is -0.497 e. The first kappa shape index (κ1) is 49.4. The molecule has 25 heteroatoms. The highest BCUT2D eigenvalue weighted by Gasteiger charge is 2.22. The van der Waals surface area contributed by atoms with E-state index in [1.807, 2.05) is 44.2 Å². The number of rotatable bonds is 22. The summed E-state index contributed by atoms with van der Waals surface area (Å²) in [7, 11) is 1.48. The molecule has 0 aliphatic carbocycles. The van der Waals surface area contributed by atoms with Crippen molar-refractivity contribution < 1.29 is 37.0 Å². The number of methoxy groups -OCH3 is 4. The molecule has 68 heavy (non-hydrogen) atoms. The van der Waals surface area contributed by atoms with E-state index in [-0.39, 0.29) is 34.9 Å². The van der Waals surface area contributed by atoms with E-state index in [2.05, 4.69) is 64.7 Å². The molecule has 7 rings (SSSR count). The molecule has 0 atom stereocenters. The van der Waals surface area contributed by atoms with Crippen molar-refractivity contribution in [1.82, 2.24) is 24.9 Å². The predicted octanol–water partition coefficient (Wildman–Crippen LogP) is 10.5. The number of ether oxygens (including phenoxy) is 4. The standard InChI is InChI=1S/C43H49N13O8S4/c1-9-55(10-2)31-18-26(28(20-33(31)62-6)51-53-42-46-25-14-13-24(61-5)17-36(25)66-42)44-39-48-40(50-41(49-39)65-16-15-57)45-27-19-32(56(11-3)12-4)34(63-7)21-29(27)52-54-43-47-30-22-38(68(58,59)60)35(64-8)23-37(30)67-43/h13-14,17-23,57H,9-12,15-16H2,1-8H3,(H,58,59,60)(H2,44,45,48,49,50)/b53-51+,54-52+. The molecule has 0 saturated carbocycles. The number of aromatic nitrogens is 5. The molecule has 0 unspecified atom stereocenters. The van der Waals surface area contributed by atoms with Gasteiger partial charge in [-0.25, -0.2) is 9.97 Å². The fourth-order valence-corrected chi connectivity index (χ4v) is 9.77. The molecule has 0 bridgehead atoms. The zero-order valence-corrected chi connectivity index (χ0v) is 41.6. The van der Waals surface area contributed by atoms with Crippen LogP contribution in [0.3, 0.4) is 0 Å². The van der Waals surface area contributed by atoms with Crippen LogP contribution in [0.4, 0.5) is 56.3 Å². The summed E-state index contributed by atoms with van der Waals surface area (Å²) in [4.78, 5) is 27.2. The Hall–Kier alpha value is -6.51. The summed E-state index contributed by atoms with van der Waals surface area (Å²) in [6.07, 6.45) is 0. The molecule has 21 nitrogen and oxygen atoms in total. The number of benzene rings is 4. The highest BCUT2D eigenvalue weighted by molar-refractivity contribution is 7.99. The number of thioether (sulfide) groups is 1. The van der Waals surface area contributed by atoms with E-state index in [0.717, 1.165) is 32.9 Å². The summed E-state index contributed by atoms with van der Waals surface area (Å²) in [6, 6.07) is 15.6. The van der Waals surface area contributed by atoms with Gasteiger partial charge in [-0.3, -0.25) is 4.55 Å². The van der Waals surface area contributed by atoms with E-state index in [1.165, 1.54) is 42.3 Å². The van der Waals surface area contributed by atoms with Crippen LogP contribution in [-0.2, 0) is 10.1 Å². The Bertz CT molecular complexity index is 3090. The Morgan fingerprint density at radius 2 is 1.15 bits per heavy atom. The van der Waals surface area contributed by atoms with Crippen LogP contribution in [0.15, 0.2) is 85.1 Å². The van der Waals surface area contributed by atoms with E-state index in [0.29, 0.717) is 86.9 Å². The van der Waals surface area contributed by atoms with Crippen LogP contribution in [0, 0.1) is 0 Å². The van der Waals surface area contributed by atoms with E-state index >= 15 is 0 Å². The van der Waals surface area contributed by atoms with Gasteiger partial charge in [0.2, 0.25) is 22.2 Å². The smallest absolute Gasteiger partial charge is 0.298 e. The lowest BCUT2D eigenvalue weighted by Crippen LogP contribution is -2.22. The Balaban J connectivity index is 1.31. The van der Waals surface area contributed by atoms with Gasteiger partial charge < -0.3 is 44.5 Å². The van der Waals surface area contributed by atoms with Crippen molar-refractivity contribution in [2.45, 2.75) is 37.7 Å². The van der Waals surface area contributed by atoms with E-state index < -0.39 is 15.0 Å². The zero-order valence-electron chi connectivity index (χ0n) is 38.3. The van der Waals surface area contributed by atoms with Gasteiger partial charge >= 0.3 is 0 Å². The van der Waals surface area contributed by atoms with Crippen LogP contribution in [-0.4, -0.2) is 110 Å². The lowest BCUT2D eigenvalue weighted by Gasteiger charge is -2.25. The maximum absolute atomic E-state index is 12.1. The van der Waals surface area contributed by atoms with Crippen LogP contribution >= 0.6 is 34.4 Å². The first-order valence-electron chi connectivity index (χ1n) is 21.1. The van der Waals surface area contributed by atoms with Crippen LogP contribution < -0.4 is 39.4 Å². The lowest BCUT2D eigenvalue weighted by atomic mass is 10.2. The molecule has 4 N–H and O–H groups in total. The third-order valence-electron chi connectivity index (χ3n) is 10.2. The molecular weight excluding hydrogens is 955 g/mol. The van der Waals surface area contributed by atoms with Crippen molar-refractivity contribution in [3.63, 3.8) is 0 Å². The molecule has 7 aromatic rings. The minimum absolute atomic E-state index is 0.0406. The van der Waals surface area contributed by atoms with Gasteiger partial charge in [0.25, 0.3) is 10.1 Å². The highest BCUT2D eigenvalue weighted by atomic mass is 32.2. The highest BCUT2D eigenvalue weighted by Crippen LogP contribution is 2.44. The number of nitrogens with zero attached hydrogens (tertiary/aromatic N) is 11. The maximum Gasteiger partial charge on any atom is 0.298 e. The zero-order chi connectivity index (χ0) is 48.5. The molecule has 0 radical (unpaired) electrons. The molecule has 0 amide bonds. The van der Waals surface area contributed by atoms with Gasteiger partial charge in [0.05, 0.1) is 78.2 Å². The molecule has 0 saturated heterocycles. The number of thiazole rings is 2. The number of aliphatic hydroxyl groups excluding tert-OH is 1. The first-order valence-corrected chi connectivity index (χ1v) is 25.1. The Morgan fingerprint density at radius 3 is 1.62 bits per heavy atom. The van der Waals surface area contributed by atoms with Gasteiger partial charge in [-0.15, -0.1) is 20.5 Å². The third kappa shape index (κ3) is 11.3. The molecule has 3 heterocycles. The summed E-state index contributed by atoms with van der Waals surface area (Å²) in [5.74, 6) is 2.35. The van der Waals surface area contributed by atoms with Gasteiger partial charge in [0.1, 0.15) is 39.3 Å². The van der Waals surface area contributed by atoms with Crippen LogP contribution in [0.5, 0.6) is 23.0 Å². The lowest BCUT2D eigenvalue weighted by molar-refractivity contribution is 0.322. The number of azo groups is 2. The average Bonchev–Trinajstić information content (AvgIpc) is 3.95. The number of fused-ring (bicyclic) bond motifs is 2. The van der Waals surface area contributed by atoms with Crippen LogP contribution in [0.25, 0.3) is 20.4 Å². The largest absolute Gasteiger partial charge is 0.497 e. The fraction of sp³-hybridized carbons (Fsp3) is 0.326. The van der Waals surface area contributed by atoms with Gasteiger partial charge in [0, 0.05) is 50.1 Å². The van der Waals surface area contributed by atoms with Gasteiger partial charge in [0.15, 0.2) is 5.16 Å². The van der Waals surface area contributed by atoms with Crippen LogP contribution in [0.1, 0.15) is 27.7 Å². The summed E-state index contributed by atoms with van der Waals surface area (Å²) < 4.78 is 57.7. The van der Waals surface area contributed by atoms with Crippen LogP contribution in [0.2, 0.25) is 0 Å². The SMILES string of the molecule is CCN(CC)c1cc(Nc2nc(Nc3cc(N(CC)CC)c(OC)cc3/N=N/c3nc4cc(S(=O)(=O)O)c(OC)cc4s3)nc(SCCO)n2)c(/N=N/c2nc3ccc(OC)cc3s2)cc1OC. The third-order valence-corrected chi connectivity index (χ3v) is 13.8. The summed E-state index contributed by atoms with van der Waals surface area (Å²) in [6.45, 7) is 10.8. The Labute approximate surface area is 404 Å². The number of hydrogen-bond acceptors (Lipinski definition) is 23. The molecule has 3 aromatic heterocycles. The average molecular weight is 1000 g/mol. The fourth-order valence-electron chi connectivity index (χ4n) is 6.93. The van der Waals surface area contributed by atoms with E-state index in [4.69, 9.17) is 33.9 Å². The van der Waals surface area contributed by atoms with Crippen molar-refractivity contribution >= 4 is 121 Å². The van der Waals surface area contributed by atoms with Crippen molar-refractivity contribution in [3.05, 3.63) is 54.6 Å². The topological polar surface area (TPSA) is 256 Å². The first-order chi connectivity index (χ1) is 32.8. The number of hydrogen-bond donors (Lipinski definition) is 4. The molecule has 0 aliphatic heterocycles. The number of nitrogens with one attached hydrogen (secondary N) is 2. The van der Waals surface area contributed by atoms with Crippen molar-refractivity contribution in [1.29, 1.82) is 0 Å².